The predicted molar refractivity (Wildman–Crippen MR) is 74.3 cm³/mol. The van der Waals surface area contributed by atoms with E-state index in [1.807, 2.05) is 7.05 Å². The zero-order chi connectivity index (χ0) is 12.3. The van der Waals surface area contributed by atoms with Crippen molar-refractivity contribution < 1.29 is 4.74 Å². The highest BCUT2D eigenvalue weighted by atomic mass is 79.9. The minimum absolute atomic E-state index is 0.210. The van der Waals surface area contributed by atoms with Crippen molar-refractivity contribution in [2.75, 3.05) is 26.8 Å². The van der Waals surface area contributed by atoms with Crippen LogP contribution in [0, 0.1) is 5.92 Å². The number of hydrogen-bond donors (Lipinski definition) is 1. The summed E-state index contributed by atoms with van der Waals surface area (Å²) in [7, 11) is 2.02. The molecule has 0 radical (unpaired) electrons. The minimum atomic E-state index is 0.210. The average Bonchev–Trinajstić information content (AvgIpc) is 2.26. The van der Waals surface area contributed by atoms with Crippen LogP contribution in [0.3, 0.4) is 0 Å². The van der Waals surface area contributed by atoms with Crippen molar-refractivity contribution in [2.24, 2.45) is 5.92 Å². The fraction of sp³-hybridized carbons (Fsp3) is 0.571. The molecule has 1 aromatic rings. The van der Waals surface area contributed by atoms with Crippen molar-refractivity contribution >= 4 is 15.9 Å². The first-order valence-corrected chi connectivity index (χ1v) is 7.00. The Morgan fingerprint density at radius 2 is 2.24 bits per heavy atom. The molecule has 1 saturated heterocycles. The first-order valence-electron chi connectivity index (χ1n) is 6.21. The molecule has 1 atom stereocenters. The number of rotatable bonds is 5. The van der Waals surface area contributed by atoms with Gasteiger partial charge in [0.05, 0.1) is 13.2 Å². The Balaban J connectivity index is 2.30. The molecule has 1 N–H and O–H groups in total. The van der Waals surface area contributed by atoms with E-state index >= 15 is 0 Å². The molecule has 17 heavy (non-hydrogen) atoms. The molecular weight excluding hydrogens is 278 g/mol. The maximum Gasteiger partial charge on any atom is 0.0588 e. The molecule has 1 fully saturated rings. The van der Waals surface area contributed by atoms with Gasteiger partial charge in [0.25, 0.3) is 0 Å². The molecular formula is C14H20BrNO. The van der Waals surface area contributed by atoms with E-state index in [-0.39, 0.29) is 5.41 Å². The summed E-state index contributed by atoms with van der Waals surface area (Å²) in [5, 5.41) is 3.31. The molecule has 1 unspecified atom stereocenters. The molecule has 0 aliphatic carbocycles. The number of benzene rings is 1. The number of ether oxygens (including phenoxy) is 1. The highest BCUT2D eigenvalue weighted by molar-refractivity contribution is 9.10. The molecule has 0 aromatic heterocycles. The van der Waals surface area contributed by atoms with E-state index in [0.717, 1.165) is 24.2 Å². The van der Waals surface area contributed by atoms with Crippen LogP contribution in [0.1, 0.15) is 18.9 Å². The maximum atomic E-state index is 5.52. The molecule has 1 aliphatic rings. The van der Waals surface area contributed by atoms with Crippen LogP contribution in [0.25, 0.3) is 0 Å². The van der Waals surface area contributed by atoms with Crippen LogP contribution in [0.15, 0.2) is 28.7 Å². The molecule has 1 aromatic carbocycles. The molecule has 2 nitrogen and oxygen atoms in total. The van der Waals surface area contributed by atoms with E-state index in [9.17, 15) is 0 Å². The normalized spacial score (nSPS) is 19.7. The van der Waals surface area contributed by atoms with E-state index in [4.69, 9.17) is 4.74 Å². The maximum absolute atomic E-state index is 5.52. The van der Waals surface area contributed by atoms with Crippen molar-refractivity contribution in [1.82, 2.24) is 5.32 Å². The largest absolute Gasteiger partial charge is 0.379 e. The standard InChI is InChI=1S/C14H20BrNO/c1-3-11(8-16-2)14(9-17-10-14)12-5-4-6-13(15)7-12/h4-7,11,16H,3,8-10H2,1-2H3. The van der Waals surface area contributed by atoms with E-state index in [1.54, 1.807) is 0 Å². The lowest BCUT2D eigenvalue weighted by molar-refractivity contribution is -0.0910. The summed E-state index contributed by atoms with van der Waals surface area (Å²) < 4.78 is 6.67. The zero-order valence-corrected chi connectivity index (χ0v) is 12.1. The molecule has 0 saturated carbocycles. The zero-order valence-electron chi connectivity index (χ0n) is 10.5. The van der Waals surface area contributed by atoms with Crippen LogP contribution in [0.4, 0.5) is 0 Å². The van der Waals surface area contributed by atoms with Crippen molar-refractivity contribution in [3.05, 3.63) is 34.3 Å². The third kappa shape index (κ3) is 2.42. The van der Waals surface area contributed by atoms with Gasteiger partial charge in [-0.15, -0.1) is 0 Å². The van der Waals surface area contributed by atoms with E-state index in [1.165, 1.54) is 12.0 Å². The average molecular weight is 298 g/mol. The molecule has 0 bridgehead atoms. The number of halogens is 1. The van der Waals surface area contributed by atoms with Crippen LogP contribution >= 0.6 is 15.9 Å². The summed E-state index contributed by atoms with van der Waals surface area (Å²) in [6, 6.07) is 8.66. The summed E-state index contributed by atoms with van der Waals surface area (Å²) in [6.45, 7) is 5.01. The van der Waals surface area contributed by atoms with Gasteiger partial charge in [-0.2, -0.15) is 0 Å². The van der Waals surface area contributed by atoms with Gasteiger partial charge in [-0.25, -0.2) is 0 Å². The minimum Gasteiger partial charge on any atom is -0.379 e. The van der Waals surface area contributed by atoms with Gasteiger partial charge in [-0.05, 0) is 37.2 Å². The molecule has 0 spiro atoms. The van der Waals surface area contributed by atoms with Gasteiger partial charge in [0.1, 0.15) is 0 Å². The number of nitrogens with one attached hydrogen (secondary N) is 1. The summed E-state index contributed by atoms with van der Waals surface area (Å²) in [4.78, 5) is 0. The first-order chi connectivity index (χ1) is 8.23. The van der Waals surface area contributed by atoms with Crippen LogP contribution in [0.5, 0.6) is 0 Å². The van der Waals surface area contributed by atoms with E-state index < -0.39 is 0 Å². The quantitative estimate of drug-likeness (QED) is 0.902. The Morgan fingerprint density at radius 3 is 2.71 bits per heavy atom. The first kappa shape index (κ1) is 13.1. The van der Waals surface area contributed by atoms with Crippen molar-refractivity contribution in [2.45, 2.75) is 18.8 Å². The Bertz CT molecular complexity index is 376. The second kappa shape index (κ2) is 5.51. The summed E-state index contributed by atoms with van der Waals surface area (Å²) >= 11 is 3.56. The predicted octanol–water partition coefficient (Wildman–Crippen LogP) is 2.96. The van der Waals surface area contributed by atoms with Gasteiger partial charge < -0.3 is 10.1 Å². The Morgan fingerprint density at radius 1 is 1.47 bits per heavy atom. The van der Waals surface area contributed by atoms with Crippen molar-refractivity contribution in [1.29, 1.82) is 0 Å². The molecule has 1 heterocycles. The highest BCUT2D eigenvalue weighted by Gasteiger charge is 2.45. The van der Waals surface area contributed by atoms with Gasteiger partial charge in [0.15, 0.2) is 0 Å². The van der Waals surface area contributed by atoms with E-state index in [0.29, 0.717) is 5.92 Å². The monoisotopic (exact) mass is 297 g/mol. The second-order valence-electron chi connectivity index (χ2n) is 4.82. The lowest BCUT2D eigenvalue weighted by atomic mass is 9.67. The molecule has 94 valence electrons. The fourth-order valence-electron chi connectivity index (χ4n) is 2.74. The van der Waals surface area contributed by atoms with Gasteiger partial charge in [-0.3, -0.25) is 0 Å². The second-order valence-corrected chi connectivity index (χ2v) is 5.74. The lowest BCUT2D eigenvalue weighted by Gasteiger charge is -2.47. The SMILES string of the molecule is CCC(CNC)C1(c2cccc(Br)c2)COC1. The topological polar surface area (TPSA) is 21.3 Å². The Labute approximate surface area is 112 Å². The summed E-state index contributed by atoms with van der Waals surface area (Å²) in [5.41, 5.74) is 1.61. The Kier molecular flexibility index (Phi) is 4.23. The fourth-order valence-corrected chi connectivity index (χ4v) is 3.13. The third-order valence-corrected chi connectivity index (χ3v) is 4.34. The highest BCUT2D eigenvalue weighted by Crippen LogP contribution is 2.41. The Hall–Kier alpha value is -0.380. The van der Waals surface area contributed by atoms with Gasteiger partial charge in [-0.1, -0.05) is 41.4 Å². The smallest absolute Gasteiger partial charge is 0.0588 e. The van der Waals surface area contributed by atoms with Gasteiger partial charge >= 0.3 is 0 Å². The third-order valence-electron chi connectivity index (χ3n) is 3.84. The lowest BCUT2D eigenvalue weighted by Crippen LogP contribution is -2.54. The van der Waals surface area contributed by atoms with Crippen molar-refractivity contribution in [3.63, 3.8) is 0 Å². The van der Waals surface area contributed by atoms with Crippen LogP contribution in [-0.4, -0.2) is 26.8 Å². The van der Waals surface area contributed by atoms with Crippen LogP contribution < -0.4 is 5.32 Å². The molecule has 0 amide bonds. The number of hydrogen-bond acceptors (Lipinski definition) is 2. The summed E-state index contributed by atoms with van der Waals surface area (Å²) in [5.74, 6) is 0.635. The van der Waals surface area contributed by atoms with Crippen LogP contribution in [-0.2, 0) is 10.2 Å². The molecule has 3 heteroatoms. The summed E-state index contributed by atoms with van der Waals surface area (Å²) in [6.07, 6.45) is 1.18. The molecule has 2 rings (SSSR count). The van der Waals surface area contributed by atoms with Gasteiger partial charge in [0.2, 0.25) is 0 Å². The molecule has 1 aliphatic heterocycles. The van der Waals surface area contributed by atoms with Crippen molar-refractivity contribution in [3.8, 4) is 0 Å². The van der Waals surface area contributed by atoms with Crippen LogP contribution in [0.2, 0.25) is 0 Å². The van der Waals surface area contributed by atoms with E-state index in [2.05, 4.69) is 52.4 Å². The van der Waals surface area contributed by atoms with Gasteiger partial charge in [0, 0.05) is 9.89 Å².